The van der Waals surface area contributed by atoms with Crippen LogP contribution < -0.4 is 5.32 Å². The summed E-state index contributed by atoms with van der Waals surface area (Å²) in [5.41, 5.74) is 2.75. The molecule has 0 aliphatic carbocycles. The Morgan fingerprint density at radius 1 is 1.13 bits per heavy atom. The molecule has 0 amide bonds. The lowest BCUT2D eigenvalue weighted by Crippen LogP contribution is -2.22. The van der Waals surface area contributed by atoms with Crippen LogP contribution in [0.4, 0.5) is 5.13 Å². The van der Waals surface area contributed by atoms with Crippen molar-refractivity contribution in [3.05, 3.63) is 65.2 Å². The fraction of sp³-hybridized carbons (Fsp3) is 0.250. The molecule has 3 rings (SSSR count). The van der Waals surface area contributed by atoms with Gasteiger partial charge >= 0.3 is 0 Å². The predicted octanol–water partition coefficient (Wildman–Crippen LogP) is 3.68. The molecule has 158 valence electrons. The summed E-state index contributed by atoms with van der Waals surface area (Å²) < 4.78 is 26.4. The minimum Gasteiger partial charge on any atom is -0.353 e. The number of sulfonamides is 1. The third-order valence-electron chi connectivity index (χ3n) is 4.19. The van der Waals surface area contributed by atoms with Gasteiger partial charge in [0.15, 0.2) is 10.1 Å². The van der Waals surface area contributed by atoms with E-state index in [1.807, 2.05) is 6.07 Å². The standard InChI is InChI=1S/C20H22N4O3S3/c1-14-6-4-7-15(10-14)13-28-20-23-22-19(29-20)21-12-18(25)16-8-5-9-17(11-16)30(26,27)24(2)3/h4-11H,12-13H2,1-3H3,(H,21,22). The zero-order valence-corrected chi connectivity index (χ0v) is 19.3. The third kappa shape index (κ3) is 5.66. The number of nitrogens with one attached hydrogen (secondary N) is 1. The van der Waals surface area contributed by atoms with E-state index >= 15 is 0 Å². The van der Waals surface area contributed by atoms with Gasteiger partial charge in [-0.05, 0) is 24.6 Å². The highest BCUT2D eigenvalue weighted by atomic mass is 32.2. The number of nitrogens with zero attached hydrogens (tertiary/aromatic N) is 3. The van der Waals surface area contributed by atoms with Crippen LogP contribution in [0.3, 0.4) is 0 Å². The molecule has 0 saturated heterocycles. The minimum absolute atomic E-state index is 0.00262. The second-order valence-corrected chi connectivity index (χ2v) is 11.1. The molecule has 2 aromatic carbocycles. The van der Waals surface area contributed by atoms with E-state index in [1.54, 1.807) is 23.9 Å². The number of rotatable bonds is 9. The molecule has 10 heteroatoms. The number of Topliss-reactive ketones (excluding diaryl/α,β-unsaturated/α-hetero) is 1. The second kappa shape index (κ2) is 9.69. The Labute approximate surface area is 184 Å². The molecule has 7 nitrogen and oxygen atoms in total. The fourth-order valence-electron chi connectivity index (χ4n) is 2.59. The number of hydrogen-bond acceptors (Lipinski definition) is 8. The van der Waals surface area contributed by atoms with Crippen LogP contribution in [0.1, 0.15) is 21.5 Å². The van der Waals surface area contributed by atoms with Crippen molar-refractivity contribution in [1.82, 2.24) is 14.5 Å². The molecule has 0 unspecified atom stereocenters. The van der Waals surface area contributed by atoms with Crippen molar-refractivity contribution in [2.24, 2.45) is 0 Å². The normalized spacial score (nSPS) is 11.6. The molecule has 0 spiro atoms. The van der Waals surface area contributed by atoms with E-state index < -0.39 is 10.0 Å². The number of thioether (sulfide) groups is 1. The van der Waals surface area contributed by atoms with Gasteiger partial charge in [-0.15, -0.1) is 10.2 Å². The number of anilines is 1. The number of benzene rings is 2. The minimum atomic E-state index is -3.59. The molecular weight excluding hydrogens is 440 g/mol. The number of carbonyl (C=O) groups is 1. The average Bonchev–Trinajstić information content (AvgIpc) is 3.18. The first-order valence-electron chi connectivity index (χ1n) is 9.07. The molecule has 0 aliphatic heterocycles. The Bertz CT molecular complexity index is 1140. The van der Waals surface area contributed by atoms with Gasteiger partial charge in [-0.25, -0.2) is 12.7 Å². The van der Waals surface area contributed by atoms with E-state index in [4.69, 9.17) is 0 Å². The van der Waals surface area contributed by atoms with Gasteiger partial charge in [-0.3, -0.25) is 4.79 Å². The van der Waals surface area contributed by atoms with E-state index in [-0.39, 0.29) is 17.2 Å². The van der Waals surface area contributed by atoms with Crippen LogP contribution in [0, 0.1) is 6.92 Å². The number of carbonyl (C=O) groups excluding carboxylic acids is 1. The van der Waals surface area contributed by atoms with Gasteiger partial charge in [0.2, 0.25) is 15.2 Å². The van der Waals surface area contributed by atoms with Crippen LogP contribution in [0.2, 0.25) is 0 Å². The summed E-state index contributed by atoms with van der Waals surface area (Å²) in [6.45, 7) is 2.06. The first-order chi connectivity index (χ1) is 14.3. The van der Waals surface area contributed by atoms with Gasteiger partial charge in [-0.1, -0.05) is 65.1 Å². The number of aromatic nitrogens is 2. The molecule has 1 heterocycles. The van der Waals surface area contributed by atoms with Crippen LogP contribution in [0.5, 0.6) is 0 Å². The number of aryl methyl sites for hydroxylation is 1. The quantitative estimate of drug-likeness (QED) is 0.383. The highest BCUT2D eigenvalue weighted by Crippen LogP contribution is 2.28. The molecule has 1 aromatic heterocycles. The Morgan fingerprint density at radius 2 is 1.90 bits per heavy atom. The Kier molecular flexibility index (Phi) is 7.24. The zero-order chi connectivity index (χ0) is 21.7. The predicted molar refractivity (Wildman–Crippen MR) is 121 cm³/mol. The van der Waals surface area contributed by atoms with Crippen LogP contribution in [0.25, 0.3) is 0 Å². The van der Waals surface area contributed by atoms with E-state index in [0.717, 1.165) is 14.4 Å². The number of ketones is 1. The smallest absolute Gasteiger partial charge is 0.242 e. The molecule has 0 bridgehead atoms. The van der Waals surface area contributed by atoms with E-state index in [9.17, 15) is 13.2 Å². The summed E-state index contributed by atoms with van der Waals surface area (Å²) in [6.07, 6.45) is 0. The summed E-state index contributed by atoms with van der Waals surface area (Å²) in [5.74, 6) is 0.567. The molecular formula is C20H22N4O3S3. The Hall–Kier alpha value is -2.27. The average molecular weight is 463 g/mol. The molecule has 0 atom stereocenters. The van der Waals surface area contributed by atoms with Crippen molar-refractivity contribution >= 4 is 44.0 Å². The van der Waals surface area contributed by atoms with Gasteiger partial charge in [0.05, 0.1) is 11.4 Å². The summed E-state index contributed by atoms with van der Waals surface area (Å²) >= 11 is 2.97. The van der Waals surface area contributed by atoms with Crippen molar-refractivity contribution in [3.8, 4) is 0 Å². The molecule has 1 N–H and O–H groups in total. The lowest BCUT2D eigenvalue weighted by molar-refractivity contribution is 0.101. The van der Waals surface area contributed by atoms with Gasteiger partial charge in [0.25, 0.3) is 0 Å². The van der Waals surface area contributed by atoms with Crippen molar-refractivity contribution in [3.63, 3.8) is 0 Å². The maximum Gasteiger partial charge on any atom is 0.242 e. The third-order valence-corrected chi connectivity index (χ3v) is 8.08. The summed E-state index contributed by atoms with van der Waals surface area (Å²) in [6, 6.07) is 14.3. The Balaban J connectivity index is 1.58. The summed E-state index contributed by atoms with van der Waals surface area (Å²) in [4.78, 5) is 12.6. The van der Waals surface area contributed by atoms with Crippen LogP contribution in [-0.2, 0) is 15.8 Å². The molecule has 0 radical (unpaired) electrons. The summed E-state index contributed by atoms with van der Waals surface area (Å²) in [7, 11) is -0.684. The van der Waals surface area contributed by atoms with E-state index in [2.05, 4.69) is 40.6 Å². The second-order valence-electron chi connectivity index (χ2n) is 6.74. The van der Waals surface area contributed by atoms with Crippen LogP contribution in [-0.4, -0.2) is 49.3 Å². The first kappa shape index (κ1) is 22.4. The maximum absolute atomic E-state index is 12.5. The zero-order valence-electron chi connectivity index (χ0n) is 16.8. The van der Waals surface area contributed by atoms with E-state index in [1.165, 1.54) is 48.7 Å². The van der Waals surface area contributed by atoms with Crippen molar-refractivity contribution in [1.29, 1.82) is 0 Å². The lowest BCUT2D eigenvalue weighted by atomic mass is 10.1. The first-order valence-corrected chi connectivity index (χ1v) is 12.3. The Morgan fingerprint density at radius 3 is 2.63 bits per heavy atom. The molecule has 0 saturated carbocycles. The summed E-state index contributed by atoms with van der Waals surface area (Å²) in [5, 5.41) is 11.7. The number of hydrogen-bond donors (Lipinski definition) is 1. The maximum atomic E-state index is 12.5. The van der Waals surface area contributed by atoms with Gasteiger partial charge in [-0.2, -0.15) is 0 Å². The topological polar surface area (TPSA) is 92.3 Å². The molecule has 30 heavy (non-hydrogen) atoms. The van der Waals surface area contributed by atoms with Crippen molar-refractivity contribution in [2.45, 2.75) is 21.9 Å². The van der Waals surface area contributed by atoms with Crippen molar-refractivity contribution < 1.29 is 13.2 Å². The molecule has 0 aliphatic rings. The monoisotopic (exact) mass is 462 g/mol. The SMILES string of the molecule is Cc1cccc(CSc2nnc(NCC(=O)c3cccc(S(=O)(=O)N(C)C)c3)s2)c1. The largest absolute Gasteiger partial charge is 0.353 e. The van der Waals surface area contributed by atoms with Crippen LogP contribution >= 0.6 is 23.1 Å². The highest BCUT2D eigenvalue weighted by molar-refractivity contribution is 8.00. The van der Waals surface area contributed by atoms with Gasteiger partial charge < -0.3 is 5.32 Å². The molecule has 3 aromatic rings. The highest BCUT2D eigenvalue weighted by Gasteiger charge is 2.19. The van der Waals surface area contributed by atoms with Crippen molar-refractivity contribution in [2.75, 3.05) is 26.0 Å². The fourth-order valence-corrected chi connectivity index (χ4v) is 5.22. The van der Waals surface area contributed by atoms with Crippen LogP contribution in [0.15, 0.2) is 57.8 Å². The van der Waals surface area contributed by atoms with E-state index in [0.29, 0.717) is 10.7 Å². The van der Waals surface area contributed by atoms with Gasteiger partial charge in [0.1, 0.15) is 0 Å². The lowest BCUT2D eigenvalue weighted by Gasteiger charge is -2.12. The molecule has 0 fully saturated rings. The van der Waals surface area contributed by atoms with Gasteiger partial charge in [0, 0.05) is 25.4 Å².